The second-order valence-corrected chi connectivity index (χ2v) is 7.71. The number of amides is 1. The van der Waals surface area contributed by atoms with Crippen molar-refractivity contribution in [1.29, 1.82) is 0 Å². The van der Waals surface area contributed by atoms with E-state index in [1.54, 1.807) is 0 Å². The van der Waals surface area contributed by atoms with Crippen molar-refractivity contribution in [2.75, 3.05) is 25.9 Å². The standard InChI is InChI=1S/C13H24N2O5S/c1-10(2)15(8-6-12(16)17)13(18)11-5-4-7-14(9-11)21(3,19)20/h10-11H,4-9H2,1-3H3,(H,16,17). The first-order chi connectivity index (χ1) is 9.62. The lowest BCUT2D eigenvalue weighted by Gasteiger charge is -2.35. The van der Waals surface area contributed by atoms with Gasteiger partial charge in [0.15, 0.2) is 0 Å². The zero-order chi connectivity index (χ0) is 16.2. The first kappa shape index (κ1) is 17.9. The van der Waals surface area contributed by atoms with Crippen molar-refractivity contribution in [3.05, 3.63) is 0 Å². The second-order valence-electron chi connectivity index (χ2n) is 5.73. The van der Waals surface area contributed by atoms with Crippen LogP contribution < -0.4 is 0 Å². The summed E-state index contributed by atoms with van der Waals surface area (Å²) in [7, 11) is -3.30. The van der Waals surface area contributed by atoms with E-state index in [2.05, 4.69) is 0 Å². The van der Waals surface area contributed by atoms with Gasteiger partial charge >= 0.3 is 5.97 Å². The summed E-state index contributed by atoms with van der Waals surface area (Å²) >= 11 is 0. The van der Waals surface area contributed by atoms with Crippen molar-refractivity contribution in [3.63, 3.8) is 0 Å². The lowest BCUT2D eigenvalue weighted by atomic mass is 9.97. The highest BCUT2D eigenvalue weighted by atomic mass is 32.2. The topological polar surface area (TPSA) is 95.0 Å². The predicted molar refractivity (Wildman–Crippen MR) is 78.2 cm³/mol. The van der Waals surface area contributed by atoms with E-state index in [1.165, 1.54) is 9.21 Å². The van der Waals surface area contributed by atoms with Crippen LogP contribution in [-0.2, 0) is 19.6 Å². The Kier molecular flexibility index (Phi) is 6.15. The van der Waals surface area contributed by atoms with E-state index in [0.717, 1.165) is 6.26 Å². The van der Waals surface area contributed by atoms with Crippen molar-refractivity contribution in [2.24, 2.45) is 5.92 Å². The van der Waals surface area contributed by atoms with E-state index in [1.807, 2.05) is 13.8 Å². The van der Waals surface area contributed by atoms with Gasteiger partial charge in [-0.25, -0.2) is 12.7 Å². The largest absolute Gasteiger partial charge is 0.481 e. The number of nitrogens with zero attached hydrogens (tertiary/aromatic N) is 2. The molecule has 1 heterocycles. The van der Waals surface area contributed by atoms with E-state index in [9.17, 15) is 18.0 Å². The average Bonchev–Trinajstić information content (AvgIpc) is 2.37. The third-order valence-corrected chi connectivity index (χ3v) is 4.95. The molecule has 0 spiro atoms. The summed E-state index contributed by atoms with van der Waals surface area (Å²) in [6, 6.07) is -0.106. The molecular formula is C13H24N2O5S. The second kappa shape index (κ2) is 7.22. The molecule has 1 amide bonds. The van der Waals surface area contributed by atoms with Gasteiger partial charge in [-0.05, 0) is 26.7 Å². The van der Waals surface area contributed by atoms with Crippen LogP contribution in [0.25, 0.3) is 0 Å². The number of carbonyl (C=O) groups is 2. The number of carbonyl (C=O) groups excluding carboxylic acids is 1. The molecule has 0 aliphatic carbocycles. The molecule has 1 aliphatic rings. The van der Waals surface area contributed by atoms with E-state index < -0.39 is 16.0 Å². The molecule has 1 fully saturated rings. The molecule has 0 aromatic rings. The van der Waals surface area contributed by atoms with Gasteiger partial charge in [-0.1, -0.05) is 0 Å². The van der Waals surface area contributed by atoms with Gasteiger partial charge < -0.3 is 10.0 Å². The monoisotopic (exact) mass is 320 g/mol. The molecule has 1 unspecified atom stereocenters. The van der Waals surface area contributed by atoms with Gasteiger partial charge in [0.25, 0.3) is 0 Å². The lowest BCUT2D eigenvalue weighted by molar-refractivity contribution is -0.141. The van der Waals surface area contributed by atoms with Crippen LogP contribution in [0.2, 0.25) is 0 Å². The zero-order valence-electron chi connectivity index (χ0n) is 12.8. The molecule has 1 N–H and O–H groups in total. The van der Waals surface area contributed by atoms with Gasteiger partial charge in [0, 0.05) is 25.7 Å². The van der Waals surface area contributed by atoms with Gasteiger partial charge in [0.2, 0.25) is 15.9 Å². The summed E-state index contributed by atoms with van der Waals surface area (Å²) in [5.41, 5.74) is 0. The molecule has 7 nitrogen and oxygen atoms in total. The molecule has 1 atom stereocenters. The minimum atomic E-state index is -3.30. The molecule has 1 saturated heterocycles. The third-order valence-electron chi connectivity index (χ3n) is 3.68. The number of hydrogen-bond donors (Lipinski definition) is 1. The van der Waals surface area contributed by atoms with Gasteiger partial charge in [0.05, 0.1) is 18.6 Å². The third kappa shape index (κ3) is 5.28. The van der Waals surface area contributed by atoms with Crippen molar-refractivity contribution >= 4 is 21.9 Å². The van der Waals surface area contributed by atoms with Crippen molar-refractivity contribution < 1.29 is 23.1 Å². The Hall–Kier alpha value is -1.15. The van der Waals surface area contributed by atoms with E-state index in [0.29, 0.717) is 19.4 Å². The zero-order valence-corrected chi connectivity index (χ0v) is 13.6. The molecule has 0 bridgehead atoms. The molecule has 0 aromatic heterocycles. The number of rotatable bonds is 6. The van der Waals surface area contributed by atoms with Gasteiger partial charge in [-0.2, -0.15) is 0 Å². The summed E-state index contributed by atoms with van der Waals surface area (Å²) < 4.78 is 24.5. The number of sulfonamides is 1. The van der Waals surface area contributed by atoms with Crippen LogP contribution in [0.15, 0.2) is 0 Å². The molecule has 1 aliphatic heterocycles. The highest BCUT2D eigenvalue weighted by Crippen LogP contribution is 2.21. The van der Waals surface area contributed by atoms with E-state index >= 15 is 0 Å². The molecule has 21 heavy (non-hydrogen) atoms. The summed E-state index contributed by atoms with van der Waals surface area (Å²) in [6.45, 7) is 4.45. The Balaban J connectivity index is 2.76. The summed E-state index contributed by atoms with van der Waals surface area (Å²) in [6.07, 6.45) is 2.33. The van der Waals surface area contributed by atoms with Crippen LogP contribution in [0.3, 0.4) is 0 Å². The number of piperidine rings is 1. The Morgan fingerprint density at radius 3 is 2.48 bits per heavy atom. The summed E-state index contributed by atoms with van der Waals surface area (Å²) in [5.74, 6) is -1.49. The fourth-order valence-electron chi connectivity index (χ4n) is 2.52. The Labute approximate surface area is 126 Å². The highest BCUT2D eigenvalue weighted by molar-refractivity contribution is 7.88. The van der Waals surface area contributed by atoms with Crippen LogP contribution >= 0.6 is 0 Å². The van der Waals surface area contributed by atoms with Crippen LogP contribution in [-0.4, -0.2) is 66.5 Å². The molecule has 0 saturated carbocycles. The van der Waals surface area contributed by atoms with Crippen molar-refractivity contribution in [1.82, 2.24) is 9.21 Å². The van der Waals surface area contributed by atoms with Crippen molar-refractivity contribution in [2.45, 2.75) is 39.2 Å². The van der Waals surface area contributed by atoms with E-state index in [-0.39, 0.29) is 37.4 Å². The SMILES string of the molecule is CC(C)N(CCC(=O)O)C(=O)C1CCCN(S(C)(=O)=O)C1. The molecule has 122 valence electrons. The smallest absolute Gasteiger partial charge is 0.305 e. The lowest BCUT2D eigenvalue weighted by Crippen LogP contribution is -2.48. The molecule has 1 rings (SSSR count). The summed E-state index contributed by atoms with van der Waals surface area (Å²) in [5, 5.41) is 8.76. The van der Waals surface area contributed by atoms with Crippen LogP contribution in [0.4, 0.5) is 0 Å². The Morgan fingerprint density at radius 1 is 1.38 bits per heavy atom. The minimum Gasteiger partial charge on any atom is -0.481 e. The highest BCUT2D eigenvalue weighted by Gasteiger charge is 2.33. The van der Waals surface area contributed by atoms with Crippen LogP contribution in [0.1, 0.15) is 33.1 Å². The summed E-state index contributed by atoms with van der Waals surface area (Å²) in [4.78, 5) is 24.8. The van der Waals surface area contributed by atoms with Crippen molar-refractivity contribution in [3.8, 4) is 0 Å². The molecular weight excluding hydrogens is 296 g/mol. The number of aliphatic carboxylic acids is 1. The van der Waals surface area contributed by atoms with Gasteiger partial charge in [-0.15, -0.1) is 0 Å². The van der Waals surface area contributed by atoms with Gasteiger partial charge in [-0.3, -0.25) is 9.59 Å². The molecule has 0 aromatic carbocycles. The number of hydrogen-bond acceptors (Lipinski definition) is 4. The maximum absolute atomic E-state index is 12.5. The van der Waals surface area contributed by atoms with Crippen LogP contribution in [0.5, 0.6) is 0 Å². The van der Waals surface area contributed by atoms with Crippen LogP contribution in [0, 0.1) is 5.92 Å². The van der Waals surface area contributed by atoms with E-state index in [4.69, 9.17) is 5.11 Å². The minimum absolute atomic E-state index is 0.105. The number of carboxylic acid groups (broad SMARTS) is 1. The normalized spacial score (nSPS) is 20.5. The molecule has 0 radical (unpaired) electrons. The first-order valence-electron chi connectivity index (χ1n) is 7.10. The Morgan fingerprint density at radius 2 is 2.00 bits per heavy atom. The Bertz CT molecular complexity index is 489. The fraction of sp³-hybridized carbons (Fsp3) is 0.846. The van der Waals surface area contributed by atoms with Gasteiger partial charge in [0.1, 0.15) is 0 Å². The first-order valence-corrected chi connectivity index (χ1v) is 8.95. The maximum Gasteiger partial charge on any atom is 0.305 e. The maximum atomic E-state index is 12.5. The predicted octanol–water partition coefficient (Wildman–Crippen LogP) is 0.370. The molecule has 8 heteroatoms. The average molecular weight is 320 g/mol. The quantitative estimate of drug-likeness (QED) is 0.763. The fourth-order valence-corrected chi connectivity index (χ4v) is 3.43. The number of carboxylic acids is 1.